The highest BCUT2D eigenvalue weighted by atomic mass is 16.3. The molecule has 0 radical (unpaired) electrons. The Morgan fingerprint density at radius 2 is 1.68 bits per heavy atom. The number of hydrogen-bond acceptors (Lipinski definition) is 4. The van der Waals surface area contributed by atoms with Crippen molar-refractivity contribution in [3.8, 4) is 0 Å². The fourth-order valence-corrected chi connectivity index (χ4v) is 3.73. The summed E-state index contributed by atoms with van der Waals surface area (Å²) in [6.07, 6.45) is 0.824. The molecular formula is C25H26N4O2. The molecule has 158 valence electrons. The number of hydrogen-bond donors (Lipinski definition) is 2. The van der Waals surface area contributed by atoms with Crippen LogP contribution in [-0.2, 0) is 19.6 Å². The molecule has 2 N–H and O–H groups in total. The Morgan fingerprint density at radius 1 is 1.00 bits per heavy atom. The molecule has 6 heteroatoms. The fourth-order valence-electron chi connectivity index (χ4n) is 3.73. The Bertz CT molecular complexity index is 1230. The molecule has 31 heavy (non-hydrogen) atoms. The number of amides is 1. The standard InChI is InChI=1S/C25H26N4O2/c1-4-22-28-23-16(2)13-17(3)26-24(23)29(22)14-18-5-9-20(10-6-18)25(31)27-21-11-7-19(15-30)8-12-21/h5-13,30H,4,14-15H2,1-3H3,(H,27,31). The Morgan fingerprint density at radius 3 is 2.32 bits per heavy atom. The largest absolute Gasteiger partial charge is 0.392 e. The molecule has 4 aromatic rings. The molecule has 2 heterocycles. The highest BCUT2D eigenvalue weighted by Crippen LogP contribution is 2.21. The van der Waals surface area contributed by atoms with E-state index < -0.39 is 0 Å². The first kappa shape index (κ1) is 20.8. The highest BCUT2D eigenvalue weighted by Gasteiger charge is 2.14. The van der Waals surface area contributed by atoms with Gasteiger partial charge in [-0.1, -0.05) is 31.2 Å². The molecule has 0 aliphatic rings. The van der Waals surface area contributed by atoms with Crippen molar-refractivity contribution in [2.75, 3.05) is 5.32 Å². The average Bonchev–Trinajstić information content (AvgIpc) is 3.12. The number of aryl methyl sites for hydroxylation is 3. The normalized spacial score (nSPS) is 11.1. The monoisotopic (exact) mass is 414 g/mol. The summed E-state index contributed by atoms with van der Waals surface area (Å²) in [6, 6.07) is 16.8. The predicted octanol–water partition coefficient (Wildman–Crippen LogP) is 4.40. The van der Waals surface area contributed by atoms with Gasteiger partial charge in [0.05, 0.1) is 13.2 Å². The molecule has 0 saturated carbocycles. The van der Waals surface area contributed by atoms with Crippen LogP contribution in [0.25, 0.3) is 11.2 Å². The lowest BCUT2D eigenvalue weighted by atomic mass is 10.1. The van der Waals surface area contributed by atoms with Gasteiger partial charge < -0.3 is 15.0 Å². The van der Waals surface area contributed by atoms with E-state index in [0.29, 0.717) is 17.8 Å². The number of anilines is 1. The number of nitrogens with one attached hydrogen (secondary N) is 1. The van der Waals surface area contributed by atoms with E-state index in [0.717, 1.165) is 45.8 Å². The zero-order valence-corrected chi connectivity index (χ0v) is 18.0. The van der Waals surface area contributed by atoms with Crippen LogP contribution in [0.5, 0.6) is 0 Å². The smallest absolute Gasteiger partial charge is 0.255 e. The number of benzene rings is 2. The molecule has 0 unspecified atom stereocenters. The zero-order chi connectivity index (χ0) is 22.0. The van der Waals surface area contributed by atoms with Crippen LogP contribution >= 0.6 is 0 Å². The number of nitrogens with zero attached hydrogens (tertiary/aromatic N) is 3. The van der Waals surface area contributed by atoms with Crippen molar-refractivity contribution >= 4 is 22.8 Å². The summed E-state index contributed by atoms with van der Waals surface area (Å²) in [5, 5.41) is 12.0. The quantitative estimate of drug-likeness (QED) is 0.490. The van der Waals surface area contributed by atoms with Gasteiger partial charge in [-0.3, -0.25) is 4.79 Å². The van der Waals surface area contributed by atoms with Gasteiger partial charge in [-0.05, 0) is 60.9 Å². The first-order valence-corrected chi connectivity index (χ1v) is 10.4. The number of carbonyl (C=O) groups is 1. The Kier molecular flexibility index (Phi) is 5.82. The van der Waals surface area contributed by atoms with Crippen molar-refractivity contribution in [1.82, 2.24) is 14.5 Å². The van der Waals surface area contributed by atoms with E-state index in [4.69, 9.17) is 15.1 Å². The molecule has 0 saturated heterocycles. The van der Waals surface area contributed by atoms with Gasteiger partial charge in [0.15, 0.2) is 5.65 Å². The number of rotatable bonds is 6. The molecule has 1 amide bonds. The number of carbonyl (C=O) groups excluding carboxylic acids is 1. The fraction of sp³-hybridized carbons (Fsp3) is 0.240. The maximum atomic E-state index is 12.6. The minimum absolute atomic E-state index is 0.0176. The Balaban J connectivity index is 1.54. The van der Waals surface area contributed by atoms with E-state index in [1.165, 1.54) is 0 Å². The van der Waals surface area contributed by atoms with Gasteiger partial charge in [0.1, 0.15) is 11.3 Å². The van der Waals surface area contributed by atoms with Gasteiger partial charge in [0.2, 0.25) is 0 Å². The number of pyridine rings is 1. The summed E-state index contributed by atoms with van der Waals surface area (Å²) < 4.78 is 2.16. The zero-order valence-electron chi connectivity index (χ0n) is 18.0. The van der Waals surface area contributed by atoms with E-state index >= 15 is 0 Å². The average molecular weight is 415 g/mol. The maximum Gasteiger partial charge on any atom is 0.255 e. The number of aliphatic hydroxyl groups excluding tert-OH is 1. The predicted molar refractivity (Wildman–Crippen MR) is 122 cm³/mol. The first-order valence-electron chi connectivity index (χ1n) is 10.4. The molecule has 4 rings (SSSR count). The SMILES string of the molecule is CCc1nc2c(C)cc(C)nc2n1Cc1ccc(C(=O)Nc2ccc(CO)cc2)cc1. The van der Waals surface area contributed by atoms with Crippen LogP contribution in [0.3, 0.4) is 0 Å². The van der Waals surface area contributed by atoms with Crippen molar-refractivity contribution in [2.45, 2.75) is 40.3 Å². The number of aromatic nitrogens is 3. The molecule has 2 aromatic heterocycles. The third kappa shape index (κ3) is 4.34. The molecule has 0 spiro atoms. The van der Waals surface area contributed by atoms with Crippen molar-refractivity contribution < 1.29 is 9.90 Å². The molecule has 0 bridgehead atoms. The summed E-state index contributed by atoms with van der Waals surface area (Å²) in [5.41, 5.74) is 7.14. The molecule has 0 aliphatic heterocycles. The van der Waals surface area contributed by atoms with E-state index in [1.807, 2.05) is 31.2 Å². The third-order valence-corrected chi connectivity index (χ3v) is 5.37. The lowest BCUT2D eigenvalue weighted by Crippen LogP contribution is -2.12. The number of aliphatic hydroxyl groups is 1. The van der Waals surface area contributed by atoms with E-state index in [9.17, 15) is 4.79 Å². The van der Waals surface area contributed by atoms with Crippen LogP contribution in [0.15, 0.2) is 54.6 Å². The summed E-state index contributed by atoms with van der Waals surface area (Å²) in [6.45, 7) is 6.80. The number of imidazole rings is 1. The Hall–Kier alpha value is -3.51. The second-order valence-electron chi connectivity index (χ2n) is 7.73. The van der Waals surface area contributed by atoms with Crippen molar-refractivity contribution in [1.29, 1.82) is 0 Å². The minimum atomic E-state index is -0.168. The lowest BCUT2D eigenvalue weighted by molar-refractivity contribution is 0.102. The van der Waals surface area contributed by atoms with Crippen LogP contribution in [0.2, 0.25) is 0 Å². The number of fused-ring (bicyclic) bond motifs is 1. The minimum Gasteiger partial charge on any atom is -0.392 e. The van der Waals surface area contributed by atoms with Crippen LogP contribution in [-0.4, -0.2) is 25.5 Å². The topological polar surface area (TPSA) is 80.0 Å². The second kappa shape index (κ2) is 8.70. The third-order valence-electron chi connectivity index (χ3n) is 5.37. The lowest BCUT2D eigenvalue weighted by Gasteiger charge is -2.10. The van der Waals surface area contributed by atoms with Gasteiger partial charge >= 0.3 is 0 Å². The molecule has 6 nitrogen and oxygen atoms in total. The van der Waals surface area contributed by atoms with Gasteiger partial charge in [0.25, 0.3) is 5.91 Å². The summed E-state index contributed by atoms with van der Waals surface area (Å²) in [4.78, 5) is 22.1. The molecule has 0 fully saturated rings. The molecule has 0 aliphatic carbocycles. The maximum absolute atomic E-state index is 12.6. The van der Waals surface area contributed by atoms with E-state index in [-0.39, 0.29) is 12.5 Å². The second-order valence-corrected chi connectivity index (χ2v) is 7.73. The van der Waals surface area contributed by atoms with Crippen LogP contribution in [0.1, 0.15) is 45.5 Å². The van der Waals surface area contributed by atoms with Crippen LogP contribution in [0, 0.1) is 13.8 Å². The van der Waals surface area contributed by atoms with Crippen LogP contribution in [0.4, 0.5) is 5.69 Å². The van der Waals surface area contributed by atoms with Crippen LogP contribution < -0.4 is 5.32 Å². The van der Waals surface area contributed by atoms with Gasteiger partial charge in [-0.25, -0.2) is 9.97 Å². The van der Waals surface area contributed by atoms with E-state index in [1.54, 1.807) is 24.3 Å². The van der Waals surface area contributed by atoms with Crippen molar-refractivity contribution in [2.24, 2.45) is 0 Å². The van der Waals surface area contributed by atoms with E-state index in [2.05, 4.69) is 29.8 Å². The highest BCUT2D eigenvalue weighted by molar-refractivity contribution is 6.04. The molecule has 2 aromatic carbocycles. The molecule has 0 atom stereocenters. The summed E-state index contributed by atoms with van der Waals surface area (Å²) >= 11 is 0. The van der Waals surface area contributed by atoms with Gasteiger partial charge in [0, 0.05) is 23.4 Å². The summed E-state index contributed by atoms with van der Waals surface area (Å²) in [5.74, 6) is 0.836. The summed E-state index contributed by atoms with van der Waals surface area (Å²) in [7, 11) is 0. The Labute approximate surface area is 181 Å². The van der Waals surface area contributed by atoms with Gasteiger partial charge in [-0.15, -0.1) is 0 Å². The van der Waals surface area contributed by atoms with Crippen molar-refractivity contribution in [3.05, 3.63) is 88.4 Å². The van der Waals surface area contributed by atoms with Crippen molar-refractivity contribution in [3.63, 3.8) is 0 Å². The van der Waals surface area contributed by atoms with Gasteiger partial charge in [-0.2, -0.15) is 0 Å². The first-order chi connectivity index (χ1) is 15.0. The molecular weight excluding hydrogens is 388 g/mol.